The molecule has 2 N–H and O–H groups in total. The van der Waals surface area contributed by atoms with Gasteiger partial charge in [0.2, 0.25) is 0 Å². The fourth-order valence-electron chi connectivity index (χ4n) is 2.18. The number of imidazole rings is 2. The van der Waals surface area contributed by atoms with E-state index >= 15 is 0 Å². The molecule has 2 aromatic carbocycles. The molecule has 0 aliphatic heterocycles. The molecule has 0 fully saturated rings. The topological polar surface area (TPSA) is 57.4 Å². The molecule has 4 rings (SSSR count). The number of nitrogens with one attached hydrogen (secondary N) is 2. The van der Waals surface area contributed by atoms with Crippen LogP contribution < -0.4 is 0 Å². The minimum atomic E-state index is 0.835. The highest BCUT2D eigenvalue weighted by molar-refractivity contribution is 5.91. The van der Waals surface area contributed by atoms with Crippen molar-refractivity contribution in [1.29, 1.82) is 0 Å². The van der Waals surface area contributed by atoms with Crippen molar-refractivity contribution < 1.29 is 0 Å². The Morgan fingerprint density at radius 3 is 2.78 bits per heavy atom. The molecule has 0 unspecified atom stereocenters. The molecular formula is C14H9N4. The normalized spacial score (nSPS) is 11.3. The fraction of sp³-hybridized carbons (Fsp3) is 0. The van der Waals surface area contributed by atoms with Gasteiger partial charge in [-0.1, -0.05) is 18.2 Å². The molecule has 0 saturated heterocycles. The second kappa shape index (κ2) is 3.43. The number of hydrogen-bond donors (Lipinski definition) is 2. The summed E-state index contributed by atoms with van der Waals surface area (Å²) in [6.07, 6.45) is 2.76. The van der Waals surface area contributed by atoms with Crippen LogP contribution in [0.4, 0.5) is 0 Å². The van der Waals surface area contributed by atoms with Crippen molar-refractivity contribution in [2.75, 3.05) is 0 Å². The van der Waals surface area contributed by atoms with Gasteiger partial charge < -0.3 is 9.97 Å². The van der Waals surface area contributed by atoms with Gasteiger partial charge in [-0.25, -0.2) is 9.97 Å². The van der Waals surface area contributed by atoms with E-state index in [-0.39, 0.29) is 0 Å². The van der Waals surface area contributed by atoms with Gasteiger partial charge in [-0.15, -0.1) is 0 Å². The van der Waals surface area contributed by atoms with E-state index in [1.54, 1.807) is 0 Å². The standard InChI is InChI=1S/C14H9N4/c1-2-6-11-10(5-1)17-14(18-11)9-4-3-7-12-13(9)16-8-15-12/h1-7H,(H,15,16)(H,17,18). The molecule has 0 spiro atoms. The van der Waals surface area contributed by atoms with E-state index < -0.39 is 0 Å². The fourth-order valence-corrected chi connectivity index (χ4v) is 2.18. The van der Waals surface area contributed by atoms with Crippen molar-refractivity contribution in [2.45, 2.75) is 0 Å². The molecule has 0 atom stereocenters. The minimum absolute atomic E-state index is 0.835. The molecule has 0 amide bonds. The van der Waals surface area contributed by atoms with Gasteiger partial charge in [0, 0.05) is 5.56 Å². The summed E-state index contributed by atoms with van der Waals surface area (Å²) in [5.74, 6) is 0.835. The molecule has 85 valence electrons. The predicted molar refractivity (Wildman–Crippen MR) is 70.0 cm³/mol. The summed E-state index contributed by atoms with van der Waals surface area (Å²) in [6, 6.07) is 14.0. The van der Waals surface area contributed by atoms with E-state index in [0.29, 0.717) is 0 Å². The molecule has 0 saturated carbocycles. The Morgan fingerprint density at radius 2 is 1.83 bits per heavy atom. The lowest BCUT2D eigenvalue weighted by atomic mass is 10.2. The lowest BCUT2D eigenvalue weighted by molar-refractivity contribution is 1.31. The van der Waals surface area contributed by atoms with E-state index in [2.05, 4.69) is 26.3 Å². The van der Waals surface area contributed by atoms with Crippen molar-refractivity contribution >= 4 is 22.1 Å². The molecule has 0 aliphatic rings. The third-order valence-electron chi connectivity index (χ3n) is 3.04. The third-order valence-corrected chi connectivity index (χ3v) is 3.04. The molecule has 18 heavy (non-hydrogen) atoms. The summed E-state index contributed by atoms with van der Waals surface area (Å²) in [6.45, 7) is 0. The van der Waals surface area contributed by atoms with Crippen LogP contribution in [0.5, 0.6) is 0 Å². The van der Waals surface area contributed by atoms with E-state index in [1.807, 2.05) is 42.5 Å². The molecule has 2 aromatic heterocycles. The van der Waals surface area contributed by atoms with Crippen molar-refractivity contribution in [1.82, 2.24) is 19.9 Å². The van der Waals surface area contributed by atoms with Gasteiger partial charge in [-0.2, -0.15) is 0 Å². The molecule has 4 heteroatoms. The zero-order valence-electron chi connectivity index (χ0n) is 9.44. The maximum atomic E-state index is 4.59. The number of rotatable bonds is 1. The Labute approximate surface area is 103 Å². The Hall–Kier alpha value is -2.62. The van der Waals surface area contributed by atoms with Gasteiger partial charge in [0.15, 0.2) is 6.33 Å². The van der Waals surface area contributed by atoms with Gasteiger partial charge >= 0.3 is 0 Å². The number of aromatic nitrogens is 4. The largest absolute Gasteiger partial charge is 0.338 e. The highest BCUT2D eigenvalue weighted by Gasteiger charge is 2.09. The molecule has 0 aliphatic carbocycles. The molecule has 4 aromatic rings. The van der Waals surface area contributed by atoms with Crippen molar-refractivity contribution in [3.8, 4) is 11.4 Å². The summed E-state index contributed by atoms with van der Waals surface area (Å²) in [7, 11) is 0. The molecule has 2 heterocycles. The van der Waals surface area contributed by atoms with Crippen LogP contribution in [0.1, 0.15) is 0 Å². The number of aromatic amines is 2. The van der Waals surface area contributed by atoms with E-state index in [9.17, 15) is 0 Å². The Bertz CT molecular complexity index is 808. The quantitative estimate of drug-likeness (QED) is 0.531. The number of fused-ring (bicyclic) bond motifs is 2. The van der Waals surface area contributed by atoms with Gasteiger partial charge in [0.05, 0.1) is 16.6 Å². The van der Waals surface area contributed by atoms with Crippen molar-refractivity contribution in [3.63, 3.8) is 0 Å². The zero-order chi connectivity index (χ0) is 11.9. The smallest absolute Gasteiger partial charge is 0.174 e. The highest BCUT2D eigenvalue weighted by atomic mass is 14.9. The maximum absolute atomic E-state index is 4.59. The first-order valence-corrected chi connectivity index (χ1v) is 5.72. The third kappa shape index (κ3) is 1.26. The summed E-state index contributed by atoms with van der Waals surface area (Å²) in [5.41, 5.74) is 4.83. The van der Waals surface area contributed by atoms with Crippen LogP contribution in [-0.4, -0.2) is 19.9 Å². The predicted octanol–water partition coefficient (Wildman–Crippen LogP) is 2.91. The first-order valence-electron chi connectivity index (χ1n) is 5.72. The van der Waals surface area contributed by atoms with Gasteiger partial charge in [0.25, 0.3) is 0 Å². The second-order valence-electron chi connectivity index (χ2n) is 4.15. The lowest BCUT2D eigenvalue weighted by Gasteiger charge is -1.97. The highest BCUT2D eigenvalue weighted by Crippen LogP contribution is 2.25. The summed E-state index contributed by atoms with van der Waals surface area (Å²) >= 11 is 0. The Morgan fingerprint density at radius 1 is 0.944 bits per heavy atom. The average Bonchev–Trinajstić information content (AvgIpc) is 3.04. The molecule has 1 radical (unpaired) electrons. The zero-order valence-corrected chi connectivity index (χ0v) is 9.44. The number of hydrogen-bond acceptors (Lipinski definition) is 2. The van der Waals surface area contributed by atoms with Gasteiger partial charge in [-0.05, 0) is 24.3 Å². The summed E-state index contributed by atoms with van der Waals surface area (Å²) < 4.78 is 0. The van der Waals surface area contributed by atoms with E-state index in [4.69, 9.17) is 0 Å². The molecule has 0 bridgehead atoms. The van der Waals surface area contributed by atoms with Crippen LogP contribution in [0.25, 0.3) is 33.5 Å². The number of H-pyrrole nitrogens is 2. The monoisotopic (exact) mass is 233 g/mol. The summed E-state index contributed by atoms with van der Waals surface area (Å²) in [4.78, 5) is 15.1. The second-order valence-corrected chi connectivity index (χ2v) is 4.15. The minimum Gasteiger partial charge on any atom is -0.338 e. The maximum Gasteiger partial charge on any atom is 0.174 e. The van der Waals surface area contributed by atoms with E-state index in [0.717, 1.165) is 33.5 Å². The van der Waals surface area contributed by atoms with Crippen molar-refractivity contribution in [3.05, 3.63) is 48.8 Å². The SMILES string of the molecule is [c]1nc2c(-c3nc4ccccc4[nH]3)cccc2[nH]1. The van der Waals surface area contributed by atoms with Crippen LogP contribution in [0.15, 0.2) is 42.5 Å². The Kier molecular flexibility index (Phi) is 1.80. The number of para-hydroxylation sites is 3. The van der Waals surface area contributed by atoms with Crippen LogP contribution in [0, 0.1) is 6.33 Å². The van der Waals surface area contributed by atoms with Crippen LogP contribution >= 0.6 is 0 Å². The lowest BCUT2D eigenvalue weighted by Crippen LogP contribution is -1.82. The Balaban J connectivity index is 2.04. The van der Waals surface area contributed by atoms with Crippen LogP contribution in [-0.2, 0) is 0 Å². The van der Waals surface area contributed by atoms with Crippen molar-refractivity contribution in [2.24, 2.45) is 0 Å². The molecule has 4 nitrogen and oxygen atoms in total. The first kappa shape index (κ1) is 9.41. The summed E-state index contributed by atoms with van der Waals surface area (Å²) in [5, 5.41) is 0. The number of nitrogens with zero attached hydrogens (tertiary/aromatic N) is 2. The van der Waals surface area contributed by atoms with E-state index in [1.165, 1.54) is 0 Å². The first-order chi connectivity index (χ1) is 8.92. The molecular weight excluding hydrogens is 224 g/mol. The average molecular weight is 233 g/mol. The number of benzene rings is 2. The van der Waals surface area contributed by atoms with Gasteiger partial charge in [-0.3, -0.25) is 0 Å². The van der Waals surface area contributed by atoms with Gasteiger partial charge in [0.1, 0.15) is 11.3 Å². The van der Waals surface area contributed by atoms with Crippen LogP contribution in [0.3, 0.4) is 0 Å². The van der Waals surface area contributed by atoms with Crippen LogP contribution in [0.2, 0.25) is 0 Å².